The Morgan fingerprint density at radius 1 is 1.14 bits per heavy atom. The molecule has 3 N–H and O–H groups in total. The third-order valence-corrected chi connectivity index (χ3v) is 3.39. The summed E-state index contributed by atoms with van der Waals surface area (Å²) in [6.45, 7) is 2.04. The first-order valence-corrected chi connectivity index (χ1v) is 6.60. The molecule has 0 spiro atoms. The van der Waals surface area contributed by atoms with Gasteiger partial charge in [0.1, 0.15) is 5.75 Å². The standard InChI is InChI=1S/C16H16N4O/c1-10-3-4-13(21-2)12(9-10)15-14(16(17)20-19-15)11-5-7-18-8-6-11/h3-9H,1-2H3,(H3,17,19,20). The highest BCUT2D eigenvalue weighted by Gasteiger charge is 2.17. The Kier molecular flexibility index (Phi) is 3.31. The molecule has 0 saturated carbocycles. The molecule has 0 radical (unpaired) electrons. The molecule has 0 atom stereocenters. The summed E-state index contributed by atoms with van der Waals surface area (Å²) >= 11 is 0. The highest BCUT2D eigenvalue weighted by Crippen LogP contribution is 2.38. The molecule has 21 heavy (non-hydrogen) atoms. The predicted octanol–water partition coefficient (Wildman–Crippen LogP) is 3.04. The first kappa shape index (κ1) is 13.2. The number of nitrogen functional groups attached to an aromatic ring is 1. The second-order valence-corrected chi connectivity index (χ2v) is 4.80. The third kappa shape index (κ3) is 2.33. The molecule has 0 aliphatic rings. The molecular weight excluding hydrogens is 264 g/mol. The van der Waals surface area contributed by atoms with Crippen LogP contribution in [0.1, 0.15) is 5.56 Å². The number of aryl methyl sites for hydroxylation is 1. The molecule has 0 fully saturated rings. The summed E-state index contributed by atoms with van der Waals surface area (Å²) in [5.74, 6) is 1.24. The van der Waals surface area contributed by atoms with Crippen molar-refractivity contribution in [1.29, 1.82) is 0 Å². The molecule has 0 bridgehead atoms. The quantitative estimate of drug-likeness (QED) is 0.773. The van der Waals surface area contributed by atoms with Crippen molar-refractivity contribution in [1.82, 2.24) is 15.2 Å². The molecule has 3 rings (SSSR count). The number of hydrogen-bond acceptors (Lipinski definition) is 4. The largest absolute Gasteiger partial charge is 0.496 e. The van der Waals surface area contributed by atoms with Gasteiger partial charge in [-0.05, 0) is 36.8 Å². The van der Waals surface area contributed by atoms with Crippen molar-refractivity contribution >= 4 is 5.82 Å². The maximum Gasteiger partial charge on any atom is 0.153 e. The van der Waals surface area contributed by atoms with E-state index in [1.807, 2.05) is 31.2 Å². The van der Waals surface area contributed by atoms with Crippen LogP contribution in [-0.2, 0) is 0 Å². The normalized spacial score (nSPS) is 10.6. The van der Waals surface area contributed by atoms with Gasteiger partial charge >= 0.3 is 0 Å². The van der Waals surface area contributed by atoms with Crippen molar-refractivity contribution in [2.24, 2.45) is 0 Å². The van der Waals surface area contributed by atoms with Crippen molar-refractivity contribution in [3.8, 4) is 28.1 Å². The zero-order valence-electron chi connectivity index (χ0n) is 11.9. The van der Waals surface area contributed by atoms with Gasteiger partial charge in [0.05, 0.1) is 18.4 Å². The second kappa shape index (κ2) is 5.28. The average Bonchev–Trinajstić information content (AvgIpc) is 2.89. The van der Waals surface area contributed by atoms with Gasteiger partial charge in [0.15, 0.2) is 5.82 Å². The maximum absolute atomic E-state index is 6.04. The molecule has 3 aromatic rings. The summed E-state index contributed by atoms with van der Waals surface area (Å²) in [6, 6.07) is 9.82. The molecule has 0 aliphatic heterocycles. The molecule has 2 heterocycles. The Labute approximate surface area is 122 Å². The van der Waals surface area contributed by atoms with Gasteiger partial charge in [-0.1, -0.05) is 11.6 Å². The highest BCUT2D eigenvalue weighted by molar-refractivity contribution is 5.89. The molecule has 2 aromatic heterocycles. The minimum Gasteiger partial charge on any atom is -0.496 e. The highest BCUT2D eigenvalue weighted by atomic mass is 16.5. The SMILES string of the molecule is COc1ccc(C)cc1-c1[nH]nc(N)c1-c1ccncc1. The molecule has 1 aromatic carbocycles. The second-order valence-electron chi connectivity index (χ2n) is 4.80. The zero-order chi connectivity index (χ0) is 14.8. The van der Waals surface area contributed by atoms with E-state index in [0.717, 1.165) is 33.7 Å². The van der Waals surface area contributed by atoms with E-state index >= 15 is 0 Å². The summed E-state index contributed by atoms with van der Waals surface area (Å²) in [5.41, 5.74) is 10.8. The molecule has 106 valence electrons. The topological polar surface area (TPSA) is 76.8 Å². The van der Waals surface area contributed by atoms with Gasteiger partial charge in [0, 0.05) is 18.0 Å². The number of nitrogens with one attached hydrogen (secondary N) is 1. The van der Waals surface area contributed by atoms with Crippen LogP contribution in [0.5, 0.6) is 5.75 Å². The predicted molar refractivity (Wildman–Crippen MR) is 83.0 cm³/mol. The molecule has 0 aliphatic carbocycles. The lowest BCUT2D eigenvalue weighted by atomic mass is 10.00. The Morgan fingerprint density at radius 3 is 2.62 bits per heavy atom. The number of aromatic amines is 1. The van der Waals surface area contributed by atoms with Crippen molar-refractivity contribution in [3.05, 3.63) is 48.3 Å². The number of aromatic nitrogens is 3. The van der Waals surface area contributed by atoms with Crippen LogP contribution in [-0.4, -0.2) is 22.3 Å². The number of benzene rings is 1. The van der Waals surface area contributed by atoms with Crippen molar-refractivity contribution in [2.45, 2.75) is 6.92 Å². The fourth-order valence-corrected chi connectivity index (χ4v) is 2.38. The van der Waals surface area contributed by atoms with Crippen LogP contribution in [0.3, 0.4) is 0 Å². The van der Waals surface area contributed by atoms with Crippen LogP contribution >= 0.6 is 0 Å². The number of H-pyrrole nitrogens is 1. The minimum absolute atomic E-state index is 0.458. The van der Waals surface area contributed by atoms with Crippen LogP contribution in [0.25, 0.3) is 22.4 Å². The monoisotopic (exact) mass is 280 g/mol. The first-order chi connectivity index (χ1) is 10.2. The smallest absolute Gasteiger partial charge is 0.153 e. The molecule has 5 nitrogen and oxygen atoms in total. The van der Waals surface area contributed by atoms with Gasteiger partial charge in [0.2, 0.25) is 0 Å². The Balaban J connectivity index is 2.24. The number of hydrogen-bond donors (Lipinski definition) is 2. The van der Waals surface area contributed by atoms with Gasteiger partial charge < -0.3 is 10.5 Å². The lowest BCUT2D eigenvalue weighted by Gasteiger charge is -2.10. The Bertz CT molecular complexity index is 765. The lowest BCUT2D eigenvalue weighted by Crippen LogP contribution is -1.92. The Hall–Kier alpha value is -2.82. The fraction of sp³-hybridized carbons (Fsp3) is 0.125. The molecule has 0 saturated heterocycles. The van der Waals surface area contributed by atoms with Crippen LogP contribution in [0.4, 0.5) is 5.82 Å². The zero-order valence-corrected chi connectivity index (χ0v) is 11.9. The van der Waals surface area contributed by atoms with E-state index in [4.69, 9.17) is 10.5 Å². The van der Waals surface area contributed by atoms with E-state index < -0.39 is 0 Å². The van der Waals surface area contributed by atoms with E-state index in [1.54, 1.807) is 19.5 Å². The Morgan fingerprint density at radius 2 is 1.90 bits per heavy atom. The lowest BCUT2D eigenvalue weighted by molar-refractivity contribution is 0.416. The average molecular weight is 280 g/mol. The number of anilines is 1. The summed E-state index contributed by atoms with van der Waals surface area (Å²) < 4.78 is 5.45. The number of nitrogens with two attached hydrogens (primary N) is 1. The summed E-state index contributed by atoms with van der Waals surface area (Å²) in [7, 11) is 1.65. The van der Waals surface area contributed by atoms with E-state index in [0.29, 0.717) is 5.82 Å². The van der Waals surface area contributed by atoms with Crippen LogP contribution in [0, 0.1) is 6.92 Å². The van der Waals surface area contributed by atoms with Crippen LogP contribution in [0.15, 0.2) is 42.7 Å². The molecular formula is C16H16N4O. The third-order valence-electron chi connectivity index (χ3n) is 3.39. The van der Waals surface area contributed by atoms with Crippen molar-refractivity contribution < 1.29 is 4.74 Å². The summed E-state index contributed by atoms with van der Waals surface area (Å²) in [6.07, 6.45) is 3.47. The van der Waals surface area contributed by atoms with Gasteiger partial charge in [-0.3, -0.25) is 10.1 Å². The number of pyridine rings is 1. The number of rotatable bonds is 3. The summed E-state index contributed by atoms with van der Waals surface area (Å²) in [4.78, 5) is 4.04. The van der Waals surface area contributed by atoms with Gasteiger partial charge in [-0.25, -0.2) is 0 Å². The number of nitrogens with zero attached hydrogens (tertiary/aromatic N) is 2. The van der Waals surface area contributed by atoms with Crippen LogP contribution in [0.2, 0.25) is 0 Å². The summed E-state index contributed by atoms with van der Waals surface area (Å²) in [5, 5.41) is 7.17. The first-order valence-electron chi connectivity index (χ1n) is 6.60. The number of methoxy groups -OCH3 is 1. The molecule has 0 unspecified atom stereocenters. The van der Waals surface area contributed by atoms with Gasteiger partial charge in [0.25, 0.3) is 0 Å². The van der Waals surface area contributed by atoms with Crippen LogP contribution < -0.4 is 10.5 Å². The van der Waals surface area contributed by atoms with E-state index in [9.17, 15) is 0 Å². The molecule has 0 amide bonds. The number of ether oxygens (including phenoxy) is 1. The van der Waals surface area contributed by atoms with Crippen molar-refractivity contribution in [2.75, 3.05) is 12.8 Å². The van der Waals surface area contributed by atoms with Gasteiger partial charge in [-0.2, -0.15) is 5.10 Å². The van der Waals surface area contributed by atoms with Crippen molar-refractivity contribution in [3.63, 3.8) is 0 Å². The van der Waals surface area contributed by atoms with E-state index in [2.05, 4.69) is 21.2 Å². The van der Waals surface area contributed by atoms with Gasteiger partial charge in [-0.15, -0.1) is 0 Å². The molecule has 5 heteroatoms. The van der Waals surface area contributed by atoms with E-state index in [-0.39, 0.29) is 0 Å². The van der Waals surface area contributed by atoms with E-state index in [1.165, 1.54) is 0 Å². The minimum atomic E-state index is 0.458. The fourth-order valence-electron chi connectivity index (χ4n) is 2.38. The maximum atomic E-state index is 6.04.